The maximum Gasteiger partial charge on any atom is 0.232 e. The molecule has 1 aliphatic heterocycles. The van der Waals surface area contributed by atoms with Gasteiger partial charge in [0.2, 0.25) is 11.8 Å². The number of hydrogen-bond acceptors (Lipinski definition) is 5. The topological polar surface area (TPSA) is 101 Å². The van der Waals surface area contributed by atoms with E-state index < -0.39 is 5.54 Å². The molecule has 1 aromatic carbocycles. The molecular formula is C23H29N5O2. The van der Waals surface area contributed by atoms with Gasteiger partial charge in [-0.15, -0.1) is 0 Å². The molecule has 2 aromatic rings. The number of amides is 2. The third kappa shape index (κ3) is 4.67. The number of rotatable bonds is 6. The first kappa shape index (κ1) is 21.5. The quantitative estimate of drug-likeness (QED) is 0.767. The summed E-state index contributed by atoms with van der Waals surface area (Å²) < 4.78 is 0. The monoisotopic (exact) mass is 407 g/mol. The van der Waals surface area contributed by atoms with Gasteiger partial charge in [0, 0.05) is 0 Å². The van der Waals surface area contributed by atoms with Gasteiger partial charge >= 0.3 is 0 Å². The molecule has 0 radical (unpaired) electrons. The Bertz CT molecular complexity index is 957. The number of guanidine groups is 1. The lowest BCUT2D eigenvalue weighted by molar-refractivity contribution is -0.130. The average Bonchev–Trinajstić information content (AvgIpc) is 2.71. The molecule has 30 heavy (non-hydrogen) atoms. The number of nitrogens with zero attached hydrogens (tertiary/aromatic N) is 3. The zero-order valence-electron chi connectivity index (χ0n) is 17.9. The van der Waals surface area contributed by atoms with Crippen LogP contribution in [0, 0.1) is 5.92 Å². The number of aromatic nitrogens is 1. The Labute approximate surface area is 177 Å². The first-order chi connectivity index (χ1) is 14.2. The maximum absolute atomic E-state index is 12.7. The van der Waals surface area contributed by atoms with Gasteiger partial charge in [0.1, 0.15) is 5.82 Å². The molecule has 2 amide bonds. The van der Waals surface area contributed by atoms with Gasteiger partial charge in [0.05, 0.1) is 30.1 Å². The largest absolute Gasteiger partial charge is 0.369 e. The third-order valence-electron chi connectivity index (χ3n) is 5.77. The van der Waals surface area contributed by atoms with Crippen LogP contribution >= 0.6 is 0 Å². The number of aliphatic imine (C=N–C) groups is 1. The van der Waals surface area contributed by atoms with Crippen molar-refractivity contribution in [3.05, 3.63) is 59.8 Å². The highest BCUT2D eigenvalue weighted by Crippen LogP contribution is 2.30. The predicted octanol–water partition coefficient (Wildman–Crippen LogP) is 3.29. The van der Waals surface area contributed by atoms with Crippen molar-refractivity contribution in [2.24, 2.45) is 16.6 Å². The molecule has 2 atom stereocenters. The van der Waals surface area contributed by atoms with Crippen LogP contribution in [0.2, 0.25) is 0 Å². The minimum Gasteiger partial charge on any atom is -0.369 e. The summed E-state index contributed by atoms with van der Waals surface area (Å²) in [4.78, 5) is 35.8. The number of nitrogens with one attached hydrogen (secondary N) is 1. The van der Waals surface area contributed by atoms with Crippen LogP contribution in [0.5, 0.6) is 0 Å². The molecule has 1 aliphatic rings. The van der Waals surface area contributed by atoms with Crippen molar-refractivity contribution < 1.29 is 9.59 Å². The molecule has 0 bridgehead atoms. The van der Waals surface area contributed by atoms with E-state index in [0.717, 1.165) is 5.56 Å². The highest BCUT2D eigenvalue weighted by atomic mass is 16.2. The summed E-state index contributed by atoms with van der Waals surface area (Å²) in [7, 11) is 0. The Hall–Kier alpha value is -3.22. The third-order valence-corrected chi connectivity index (χ3v) is 5.77. The molecular weight excluding hydrogens is 378 g/mol. The Morgan fingerprint density at radius 3 is 2.50 bits per heavy atom. The van der Waals surface area contributed by atoms with Gasteiger partial charge in [-0.1, -0.05) is 50.2 Å². The van der Waals surface area contributed by atoms with Crippen molar-refractivity contribution in [3.8, 4) is 0 Å². The number of pyridine rings is 1. The van der Waals surface area contributed by atoms with Crippen molar-refractivity contribution in [3.63, 3.8) is 0 Å². The van der Waals surface area contributed by atoms with Crippen molar-refractivity contribution in [2.75, 3.05) is 5.32 Å². The fourth-order valence-electron chi connectivity index (χ4n) is 3.32. The summed E-state index contributed by atoms with van der Waals surface area (Å²) in [5.74, 6) is 0.312. The van der Waals surface area contributed by atoms with Crippen molar-refractivity contribution in [1.82, 2.24) is 9.88 Å². The number of nitrogens with two attached hydrogens (primary N) is 1. The van der Waals surface area contributed by atoms with Crippen LogP contribution in [0.25, 0.3) is 0 Å². The van der Waals surface area contributed by atoms with Crippen LogP contribution in [0.15, 0.2) is 53.5 Å². The van der Waals surface area contributed by atoms with E-state index in [2.05, 4.69) is 15.3 Å². The predicted molar refractivity (Wildman–Crippen MR) is 118 cm³/mol. The van der Waals surface area contributed by atoms with Gasteiger partial charge in [-0.05, 0) is 37.5 Å². The highest BCUT2D eigenvalue weighted by Gasteiger charge is 2.38. The lowest BCUT2D eigenvalue weighted by Crippen LogP contribution is -2.51. The second-order valence-corrected chi connectivity index (χ2v) is 8.27. The summed E-state index contributed by atoms with van der Waals surface area (Å²) in [5.41, 5.74) is 7.18. The molecule has 2 heterocycles. The van der Waals surface area contributed by atoms with Gasteiger partial charge in [-0.2, -0.15) is 0 Å². The molecule has 0 spiro atoms. The van der Waals surface area contributed by atoms with E-state index in [1.165, 1.54) is 4.90 Å². The molecule has 0 saturated heterocycles. The fraction of sp³-hybridized carbons (Fsp3) is 0.391. The lowest BCUT2D eigenvalue weighted by atomic mass is 9.84. The molecule has 0 saturated carbocycles. The molecule has 158 valence electrons. The Morgan fingerprint density at radius 1 is 1.17 bits per heavy atom. The van der Waals surface area contributed by atoms with Gasteiger partial charge < -0.3 is 11.1 Å². The van der Waals surface area contributed by atoms with Crippen molar-refractivity contribution in [2.45, 2.75) is 52.1 Å². The van der Waals surface area contributed by atoms with E-state index in [9.17, 15) is 9.59 Å². The lowest BCUT2D eigenvalue weighted by Gasteiger charge is -2.37. The van der Waals surface area contributed by atoms with E-state index in [4.69, 9.17) is 5.73 Å². The molecule has 0 fully saturated rings. The van der Waals surface area contributed by atoms with E-state index in [0.29, 0.717) is 17.9 Å². The van der Waals surface area contributed by atoms with Gasteiger partial charge in [0.15, 0.2) is 5.96 Å². The highest BCUT2D eigenvalue weighted by molar-refractivity contribution is 5.99. The van der Waals surface area contributed by atoms with E-state index in [-0.39, 0.29) is 36.2 Å². The number of hydrogen-bond donors (Lipinski definition) is 2. The summed E-state index contributed by atoms with van der Waals surface area (Å²) in [5, 5.41) is 2.85. The zero-order chi connectivity index (χ0) is 21.9. The second kappa shape index (κ2) is 8.65. The minimum atomic E-state index is -0.492. The van der Waals surface area contributed by atoms with E-state index in [1.54, 1.807) is 18.2 Å². The van der Waals surface area contributed by atoms with Crippen molar-refractivity contribution in [1.29, 1.82) is 0 Å². The van der Waals surface area contributed by atoms with Crippen molar-refractivity contribution >= 4 is 23.6 Å². The number of anilines is 1. The van der Waals surface area contributed by atoms with E-state index in [1.807, 2.05) is 58.0 Å². The smallest absolute Gasteiger partial charge is 0.232 e. The first-order valence-corrected chi connectivity index (χ1v) is 10.2. The summed E-state index contributed by atoms with van der Waals surface area (Å²) >= 11 is 0. The summed E-state index contributed by atoms with van der Waals surface area (Å²) in [6, 6.07) is 14.9. The number of benzene rings is 1. The molecule has 3 N–H and O–H groups in total. The minimum absolute atomic E-state index is 0.0763. The van der Waals surface area contributed by atoms with Crippen LogP contribution in [0.3, 0.4) is 0 Å². The molecule has 2 unspecified atom stereocenters. The van der Waals surface area contributed by atoms with Crippen LogP contribution in [0.1, 0.15) is 51.3 Å². The maximum atomic E-state index is 12.7. The molecule has 0 aliphatic carbocycles. The normalized spacial score (nSPS) is 20.1. The SMILES string of the molecule is CC(C(=O)Nc1cccc(CN2C(=O)CC(C)(C(C)C)N=C2N)n1)c1ccccc1. The van der Waals surface area contributed by atoms with Crippen LogP contribution in [0.4, 0.5) is 5.82 Å². The Balaban J connectivity index is 1.72. The second-order valence-electron chi connectivity index (χ2n) is 8.27. The number of carbonyl (C=O) groups excluding carboxylic acids is 2. The van der Waals surface area contributed by atoms with Crippen LogP contribution in [-0.4, -0.2) is 33.2 Å². The van der Waals surface area contributed by atoms with Crippen LogP contribution < -0.4 is 11.1 Å². The Kier molecular flexibility index (Phi) is 6.20. The average molecular weight is 408 g/mol. The zero-order valence-corrected chi connectivity index (χ0v) is 17.9. The Morgan fingerprint density at radius 2 is 1.87 bits per heavy atom. The van der Waals surface area contributed by atoms with E-state index >= 15 is 0 Å². The molecule has 7 heteroatoms. The number of carbonyl (C=O) groups is 2. The fourth-order valence-corrected chi connectivity index (χ4v) is 3.32. The van der Waals surface area contributed by atoms with Gasteiger partial charge in [-0.3, -0.25) is 14.5 Å². The van der Waals surface area contributed by atoms with Gasteiger partial charge in [-0.25, -0.2) is 9.98 Å². The summed E-state index contributed by atoms with van der Waals surface area (Å²) in [6.45, 7) is 8.07. The van der Waals surface area contributed by atoms with Crippen LogP contribution in [-0.2, 0) is 16.1 Å². The summed E-state index contributed by atoms with van der Waals surface area (Å²) in [6.07, 6.45) is 0.302. The molecule has 1 aromatic heterocycles. The molecule has 7 nitrogen and oxygen atoms in total. The molecule has 3 rings (SSSR count). The first-order valence-electron chi connectivity index (χ1n) is 10.2. The van der Waals surface area contributed by atoms with Gasteiger partial charge in [0.25, 0.3) is 0 Å². The standard InChI is InChI=1S/C23H29N5O2/c1-15(2)23(4)13-20(29)28(22(24)27-23)14-18-11-8-12-19(25-18)26-21(30)16(3)17-9-6-5-7-10-17/h5-12,15-16H,13-14H2,1-4H3,(H2,24,27)(H,25,26,30).